The van der Waals surface area contributed by atoms with Gasteiger partial charge in [-0.1, -0.05) is 41.6 Å². The van der Waals surface area contributed by atoms with Gasteiger partial charge in [0.05, 0.1) is 5.69 Å². The molecule has 0 radical (unpaired) electrons. The highest BCUT2D eigenvalue weighted by Crippen LogP contribution is 2.15. The third-order valence-corrected chi connectivity index (χ3v) is 2.72. The summed E-state index contributed by atoms with van der Waals surface area (Å²) in [6.07, 6.45) is 4.08. The standard InChI is InChI=1S/C14H18N4/c1-11(2)18-14(13(10-15)16-17-18)9-8-12-6-4-3-5-7-12/h3-9,11H,10,15H2,1-2H3/b9-8+. The minimum absolute atomic E-state index is 0.272. The molecule has 0 unspecified atom stereocenters. The SMILES string of the molecule is CC(C)n1nnc(CN)c1/C=C/c1ccccc1. The average molecular weight is 242 g/mol. The van der Waals surface area contributed by atoms with Crippen LogP contribution in [0.2, 0.25) is 0 Å². The normalized spacial score (nSPS) is 11.6. The van der Waals surface area contributed by atoms with Crippen LogP contribution in [0.3, 0.4) is 0 Å². The van der Waals surface area contributed by atoms with Gasteiger partial charge in [-0.25, -0.2) is 4.68 Å². The molecule has 0 aliphatic carbocycles. The van der Waals surface area contributed by atoms with Crippen molar-refractivity contribution in [2.75, 3.05) is 0 Å². The number of hydrogen-bond donors (Lipinski definition) is 1. The Kier molecular flexibility index (Phi) is 3.89. The van der Waals surface area contributed by atoms with E-state index < -0.39 is 0 Å². The van der Waals surface area contributed by atoms with Gasteiger partial charge >= 0.3 is 0 Å². The summed E-state index contributed by atoms with van der Waals surface area (Å²) < 4.78 is 1.89. The first-order valence-electron chi connectivity index (χ1n) is 6.09. The van der Waals surface area contributed by atoms with Gasteiger partial charge in [-0.3, -0.25) is 0 Å². The second-order valence-corrected chi connectivity index (χ2v) is 4.41. The molecule has 0 bridgehead atoms. The monoisotopic (exact) mass is 242 g/mol. The zero-order chi connectivity index (χ0) is 13.0. The molecule has 2 N–H and O–H groups in total. The topological polar surface area (TPSA) is 56.7 Å². The lowest BCUT2D eigenvalue weighted by Gasteiger charge is -2.07. The maximum absolute atomic E-state index is 5.68. The fourth-order valence-corrected chi connectivity index (χ4v) is 1.77. The highest BCUT2D eigenvalue weighted by atomic mass is 15.4. The van der Waals surface area contributed by atoms with Crippen LogP contribution in [-0.2, 0) is 6.54 Å². The van der Waals surface area contributed by atoms with E-state index >= 15 is 0 Å². The summed E-state index contributed by atoms with van der Waals surface area (Å²) in [5, 5.41) is 8.24. The number of nitrogens with zero attached hydrogens (tertiary/aromatic N) is 3. The molecule has 0 spiro atoms. The van der Waals surface area contributed by atoms with Crippen LogP contribution in [0.4, 0.5) is 0 Å². The van der Waals surface area contributed by atoms with Crippen molar-refractivity contribution in [1.29, 1.82) is 0 Å². The van der Waals surface area contributed by atoms with Crippen LogP contribution in [-0.4, -0.2) is 15.0 Å². The summed E-state index contributed by atoms with van der Waals surface area (Å²) >= 11 is 0. The number of rotatable bonds is 4. The summed E-state index contributed by atoms with van der Waals surface area (Å²) in [7, 11) is 0. The molecule has 0 aliphatic heterocycles. The molecule has 0 fully saturated rings. The summed E-state index contributed by atoms with van der Waals surface area (Å²) in [6, 6.07) is 10.4. The quantitative estimate of drug-likeness (QED) is 0.896. The Hall–Kier alpha value is -1.94. The number of nitrogens with two attached hydrogens (primary N) is 1. The average Bonchev–Trinajstić information content (AvgIpc) is 2.80. The minimum atomic E-state index is 0.272. The molecule has 94 valence electrons. The van der Waals surface area contributed by atoms with Gasteiger partial charge in [0, 0.05) is 12.6 Å². The second kappa shape index (κ2) is 5.60. The van der Waals surface area contributed by atoms with Gasteiger partial charge in [0.2, 0.25) is 0 Å². The van der Waals surface area contributed by atoms with Crippen molar-refractivity contribution in [3.05, 3.63) is 47.3 Å². The van der Waals surface area contributed by atoms with Crippen molar-refractivity contribution in [2.24, 2.45) is 5.73 Å². The van der Waals surface area contributed by atoms with Gasteiger partial charge in [0.15, 0.2) is 0 Å². The van der Waals surface area contributed by atoms with Gasteiger partial charge in [0.25, 0.3) is 0 Å². The maximum Gasteiger partial charge on any atom is 0.104 e. The van der Waals surface area contributed by atoms with Gasteiger partial charge < -0.3 is 5.73 Å². The first kappa shape index (κ1) is 12.5. The summed E-state index contributed by atoms with van der Waals surface area (Å²) in [6.45, 7) is 4.56. The molecule has 0 aliphatic rings. The molecule has 4 nitrogen and oxygen atoms in total. The third kappa shape index (κ3) is 2.65. The zero-order valence-corrected chi connectivity index (χ0v) is 10.7. The summed E-state index contributed by atoms with van der Waals surface area (Å²) in [5.74, 6) is 0. The summed E-state index contributed by atoms with van der Waals surface area (Å²) in [4.78, 5) is 0. The first-order valence-corrected chi connectivity index (χ1v) is 6.09. The smallest absolute Gasteiger partial charge is 0.104 e. The van der Waals surface area contributed by atoms with E-state index in [4.69, 9.17) is 5.73 Å². The molecule has 0 atom stereocenters. The lowest BCUT2D eigenvalue weighted by Crippen LogP contribution is -2.06. The highest BCUT2D eigenvalue weighted by molar-refractivity contribution is 5.68. The largest absolute Gasteiger partial charge is 0.325 e. The molecule has 2 aromatic rings. The molecule has 0 amide bonds. The molecular formula is C14H18N4. The Morgan fingerprint density at radius 2 is 1.94 bits per heavy atom. The second-order valence-electron chi connectivity index (χ2n) is 4.41. The fourth-order valence-electron chi connectivity index (χ4n) is 1.77. The summed E-state index contributed by atoms with van der Waals surface area (Å²) in [5.41, 5.74) is 8.65. The highest BCUT2D eigenvalue weighted by Gasteiger charge is 2.10. The van der Waals surface area contributed by atoms with Crippen molar-refractivity contribution >= 4 is 12.2 Å². The number of aromatic nitrogens is 3. The minimum Gasteiger partial charge on any atom is -0.325 e. The van der Waals surface area contributed by atoms with Crippen LogP contribution in [0, 0.1) is 0 Å². The molecular weight excluding hydrogens is 224 g/mol. The van der Waals surface area contributed by atoms with E-state index in [1.54, 1.807) is 0 Å². The van der Waals surface area contributed by atoms with Crippen LogP contribution in [0.25, 0.3) is 12.2 Å². The van der Waals surface area contributed by atoms with Crippen LogP contribution in [0.15, 0.2) is 30.3 Å². The maximum atomic E-state index is 5.68. The predicted molar refractivity (Wildman–Crippen MR) is 73.7 cm³/mol. The van der Waals surface area contributed by atoms with Crippen LogP contribution >= 0.6 is 0 Å². The Morgan fingerprint density at radius 3 is 2.56 bits per heavy atom. The fraction of sp³-hybridized carbons (Fsp3) is 0.286. The number of benzene rings is 1. The van der Waals surface area contributed by atoms with Crippen molar-refractivity contribution in [3.8, 4) is 0 Å². The van der Waals surface area contributed by atoms with Crippen molar-refractivity contribution < 1.29 is 0 Å². The van der Waals surface area contributed by atoms with Gasteiger partial charge in [0.1, 0.15) is 5.69 Å². The van der Waals surface area contributed by atoms with Crippen LogP contribution in [0.1, 0.15) is 36.8 Å². The van der Waals surface area contributed by atoms with Gasteiger partial charge in [-0.05, 0) is 25.5 Å². The zero-order valence-electron chi connectivity index (χ0n) is 10.7. The third-order valence-electron chi connectivity index (χ3n) is 2.72. The van der Waals surface area contributed by atoms with Crippen molar-refractivity contribution in [2.45, 2.75) is 26.4 Å². The lowest BCUT2D eigenvalue weighted by atomic mass is 10.2. The molecule has 2 rings (SSSR count). The molecule has 1 heterocycles. The molecule has 18 heavy (non-hydrogen) atoms. The van der Waals surface area contributed by atoms with Crippen LogP contribution < -0.4 is 5.73 Å². The van der Waals surface area contributed by atoms with E-state index in [0.717, 1.165) is 17.0 Å². The molecule has 0 saturated heterocycles. The van der Waals surface area contributed by atoms with E-state index in [2.05, 4.69) is 42.4 Å². The molecule has 4 heteroatoms. The Labute approximate surface area is 107 Å². The van der Waals surface area contributed by atoms with E-state index in [1.807, 2.05) is 29.0 Å². The van der Waals surface area contributed by atoms with Gasteiger partial charge in [-0.15, -0.1) is 5.10 Å². The van der Waals surface area contributed by atoms with E-state index in [0.29, 0.717) is 6.54 Å². The van der Waals surface area contributed by atoms with Crippen LogP contribution in [0.5, 0.6) is 0 Å². The van der Waals surface area contributed by atoms with Crippen molar-refractivity contribution in [3.63, 3.8) is 0 Å². The molecule has 1 aromatic heterocycles. The Balaban J connectivity index is 2.33. The molecule has 0 saturated carbocycles. The molecule has 1 aromatic carbocycles. The lowest BCUT2D eigenvalue weighted by molar-refractivity contribution is 0.510. The van der Waals surface area contributed by atoms with Gasteiger partial charge in [-0.2, -0.15) is 0 Å². The Morgan fingerprint density at radius 1 is 1.22 bits per heavy atom. The predicted octanol–water partition coefficient (Wildman–Crippen LogP) is 2.49. The van der Waals surface area contributed by atoms with Crippen molar-refractivity contribution in [1.82, 2.24) is 15.0 Å². The van der Waals surface area contributed by atoms with E-state index in [9.17, 15) is 0 Å². The first-order chi connectivity index (χ1) is 8.72. The Bertz CT molecular complexity index is 526. The van der Waals surface area contributed by atoms with E-state index in [1.165, 1.54) is 0 Å². The number of hydrogen-bond acceptors (Lipinski definition) is 3. The van der Waals surface area contributed by atoms with E-state index in [-0.39, 0.29) is 6.04 Å².